The van der Waals surface area contributed by atoms with Gasteiger partial charge in [0.25, 0.3) is 0 Å². The first-order valence-electron chi connectivity index (χ1n) is 12.2. The fraction of sp³-hybridized carbons (Fsp3) is 0.538. The van der Waals surface area contributed by atoms with Crippen molar-refractivity contribution in [1.29, 1.82) is 0 Å². The van der Waals surface area contributed by atoms with Crippen LogP contribution in [0.1, 0.15) is 52.0 Å². The summed E-state index contributed by atoms with van der Waals surface area (Å²) in [5.41, 5.74) is 0.546. The van der Waals surface area contributed by atoms with E-state index in [9.17, 15) is 19.2 Å². The van der Waals surface area contributed by atoms with Gasteiger partial charge in [0.05, 0.1) is 11.8 Å². The van der Waals surface area contributed by atoms with Gasteiger partial charge in [-0.2, -0.15) is 0 Å². The molecule has 1 aliphatic heterocycles. The molecule has 35 heavy (non-hydrogen) atoms. The number of likely N-dealkylation sites (tertiary alicyclic amines) is 1. The van der Waals surface area contributed by atoms with Gasteiger partial charge in [0.15, 0.2) is 0 Å². The van der Waals surface area contributed by atoms with E-state index in [1.165, 1.54) is 9.80 Å². The molecule has 1 aromatic rings. The Labute approximate surface area is 216 Å². The first kappa shape index (κ1) is 27.2. The van der Waals surface area contributed by atoms with Gasteiger partial charge in [-0.15, -0.1) is 0 Å². The lowest BCUT2D eigenvalue weighted by Crippen LogP contribution is -2.50. The zero-order valence-corrected chi connectivity index (χ0v) is 21.9. The van der Waals surface area contributed by atoms with Gasteiger partial charge < -0.3 is 10.2 Å². The zero-order valence-electron chi connectivity index (χ0n) is 20.4. The number of nitrogens with zero attached hydrogens (tertiary/aromatic N) is 2. The topological polar surface area (TPSA) is 86.8 Å². The third-order valence-electron chi connectivity index (χ3n) is 6.61. The number of benzene rings is 1. The molecule has 0 spiro atoms. The number of nitrogens with one attached hydrogen (secondary N) is 1. The van der Waals surface area contributed by atoms with Gasteiger partial charge in [0, 0.05) is 41.7 Å². The van der Waals surface area contributed by atoms with Crippen molar-refractivity contribution in [2.45, 2.75) is 59.0 Å². The van der Waals surface area contributed by atoms with E-state index >= 15 is 0 Å². The first-order valence-corrected chi connectivity index (χ1v) is 12.9. The smallest absolute Gasteiger partial charge is 0.242 e. The summed E-state index contributed by atoms with van der Waals surface area (Å²) in [7, 11) is 0. The molecule has 1 aromatic carbocycles. The van der Waals surface area contributed by atoms with E-state index in [1.807, 2.05) is 32.9 Å². The van der Waals surface area contributed by atoms with E-state index < -0.39 is 6.04 Å². The minimum absolute atomic E-state index is 0.0136. The fourth-order valence-electron chi connectivity index (χ4n) is 4.64. The van der Waals surface area contributed by atoms with Crippen LogP contribution in [0.4, 0.5) is 0 Å². The van der Waals surface area contributed by atoms with Gasteiger partial charge in [-0.3, -0.25) is 24.1 Å². The van der Waals surface area contributed by atoms with Gasteiger partial charge in [-0.05, 0) is 37.3 Å². The summed E-state index contributed by atoms with van der Waals surface area (Å²) in [5, 5.41) is 3.70. The van der Waals surface area contributed by atoms with Crippen molar-refractivity contribution in [3.63, 3.8) is 0 Å². The highest BCUT2D eigenvalue weighted by Gasteiger charge is 2.47. The van der Waals surface area contributed by atoms with Crippen molar-refractivity contribution < 1.29 is 19.2 Å². The number of halogens is 2. The fourth-order valence-corrected chi connectivity index (χ4v) is 5.15. The molecule has 3 rings (SSSR count). The molecule has 2 aliphatic rings. The van der Waals surface area contributed by atoms with E-state index in [1.54, 1.807) is 18.2 Å². The maximum atomic E-state index is 13.5. The minimum atomic E-state index is -0.745. The molecule has 0 radical (unpaired) electrons. The van der Waals surface area contributed by atoms with E-state index in [-0.39, 0.29) is 60.9 Å². The van der Waals surface area contributed by atoms with Crippen molar-refractivity contribution >= 4 is 46.8 Å². The number of carbonyl (C=O) groups is 4. The van der Waals surface area contributed by atoms with Gasteiger partial charge in [0.2, 0.25) is 23.6 Å². The molecule has 0 bridgehead atoms. The van der Waals surface area contributed by atoms with Crippen LogP contribution in [0.5, 0.6) is 0 Å². The molecule has 1 heterocycles. The largest absolute Gasteiger partial charge is 0.354 e. The van der Waals surface area contributed by atoms with Crippen LogP contribution in [0.25, 0.3) is 0 Å². The molecule has 1 N–H and O–H groups in total. The summed E-state index contributed by atoms with van der Waals surface area (Å²) in [6, 6.07) is 4.34. The van der Waals surface area contributed by atoms with E-state index in [0.29, 0.717) is 41.4 Å². The molecule has 1 unspecified atom stereocenters. The van der Waals surface area contributed by atoms with Crippen LogP contribution in [0.3, 0.4) is 0 Å². The summed E-state index contributed by atoms with van der Waals surface area (Å²) < 4.78 is 0. The number of hydrogen-bond donors (Lipinski definition) is 1. The summed E-state index contributed by atoms with van der Waals surface area (Å²) in [5.74, 6) is -1.48. The molecule has 190 valence electrons. The SMILES string of the molecule is CCC(C(=O)NCC(C)C)N(Cc1c(Cl)cccc1Cl)C(=O)CCN1C(=O)[C@H]2CC=CC[C@H]2C1=O. The van der Waals surface area contributed by atoms with Crippen molar-refractivity contribution in [1.82, 2.24) is 15.1 Å². The number of amides is 4. The molecule has 0 aromatic heterocycles. The molecule has 7 nitrogen and oxygen atoms in total. The predicted molar refractivity (Wildman–Crippen MR) is 136 cm³/mol. The highest BCUT2D eigenvalue weighted by Crippen LogP contribution is 2.35. The van der Waals surface area contributed by atoms with Crippen LogP contribution in [0, 0.1) is 17.8 Å². The number of fused-ring (bicyclic) bond motifs is 1. The number of allylic oxidation sites excluding steroid dienone is 2. The Morgan fingerprint density at radius 3 is 2.17 bits per heavy atom. The zero-order chi connectivity index (χ0) is 25.7. The monoisotopic (exact) mass is 521 g/mol. The molecular formula is C26H33Cl2N3O4. The second-order valence-electron chi connectivity index (χ2n) is 9.52. The summed E-state index contributed by atoms with van der Waals surface area (Å²) in [6.45, 7) is 6.33. The van der Waals surface area contributed by atoms with E-state index in [2.05, 4.69) is 5.32 Å². The first-order chi connectivity index (χ1) is 16.6. The Morgan fingerprint density at radius 2 is 1.66 bits per heavy atom. The molecule has 1 saturated heterocycles. The quantitative estimate of drug-likeness (QED) is 0.369. The number of carbonyl (C=O) groups excluding carboxylic acids is 4. The highest BCUT2D eigenvalue weighted by molar-refractivity contribution is 6.36. The van der Waals surface area contributed by atoms with Gasteiger partial charge in [0.1, 0.15) is 6.04 Å². The molecule has 1 aliphatic carbocycles. The van der Waals surface area contributed by atoms with Crippen LogP contribution in [-0.4, -0.2) is 52.6 Å². The van der Waals surface area contributed by atoms with Gasteiger partial charge in [-0.25, -0.2) is 0 Å². The standard InChI is InChI=1S/C26H33Cl2N3O4/c1-4-22(24(33)29-14-16(2)3)31(15-19-20(27)10-7-11-21(19)28)23(32)12-13-30-25(34)17-8-5-6-9-18(17)26(30)35/h5-7,10-11,16-18,22H,4,8-9,12-15H2,1-3H3,(H,29,33)/t17-,18+,22?. The predicted octanol–water partition coefficient (Wildman–Crippen LogP) is 4.21. The normalized spacial score (nSPS) is 20.2. The molecule has 1 fully saturated rings. The Morgan fingerprint density at radius 1 is 1.09 bits per heavy atom. The van der Waals surface area contributed by atoms with E-state index in [4.69, 9.17) is 23.2 Å². The second kappa shape index (κ2) is 12.0. The van der Waals surface area contributed by atoms with Crippen molar-refractivity contribution in [3.05, 3.63) is 46.0 Å². The Balaban J connectivity index is 1.79. The molecule has 0 saturated carbocycles. The average molecular weight is 522 g/mol. The molecule has 3 atom stereocenters. The summed E-state index contributed by atoms with van der Waals surface area (Å²) in [4.78, 5) is 54.8. The molecular weight excluding hydrogens is 489 g/mol. The maximum Gasteiger partial charge on any atom is 0.242 e. The minimum Gasteiger partial charge on any atom is -0.354 e. The van der Waals surface area contributed by atoms with E-state index in [0.717, 1.165) is 0 Å². The summed E-state index contributed by atoms with van der Waals surface area (Å²) >= 11 is 12.7. The maximum absolute atomic E-state index is 13.5. The lowest BCUT2D eigenvalue weighted by molar-refractivity contribution is -0.144. The van der Waals surface area contributed by atoms with Crippen LogP contribution in [0.15, 0.2) is 30.4 Å². The molecule has 4 amide bonds. The number of imide groups is 1. The lowest BCUT2D eigenvalue weighted by Gasteiger charge is -2.32. The van der Waals surface area contributed by atoms with Crippen LogP contribution < -0.4 is 5.32 Å². The van der Waals surface area contributed by atoms with Crippen molar-refractivity contribution in [2.24, 2.45) is 17.8 Å². The van der Waals surface area contributed by atoms with Crippen LogP contribution in [0.2, 0.25) is 10.0 Å². The highest BCUT2D eigenvalue weighted by atomic mass is 35.5. The van der Waals surface area contributed by atoms with Gasteiger partial charge in [-0.1, -0.05) is 62.2 Å². The van der Waals surface area contributed by atoms with Crippen LogP contribution >= 0.6 is 23.2 Å². The Bertz CT molecular complexity index is 964. The average Bonchev–Trinajstić information content (AvgIpc) is 3.07. The van der Waals surface area contributed by atoms with Crippen molar-refractivity contribution in [2.75, 3.05) is 13.1 Å². The van der Waals surface area contributed by atoms with Crippen molar-refractivity contribution in [3.8, 4) is 0 Å². The second-order valence-corrected chi connectivity index (χ2v) is 10.3. The Hall–Kier alpha value is -2.38. The Kier molecular flexibility index (Phi) is 9.36. The summed E-state index contributed by atoms with van der Waals surface area (Å²) in [6.07, 6.45) is 5.25. The van der Waals surface area contributed by atoms with Gasteiger partial charge >= 0.3 is 0 Å². The van der Waals surface area contributed by atoms with Crippen LogP contribution in [-0.2, 0) is 25.7 Å². The number of hydrogen-bond acceptors (Lipinski definition) is 4. The number of rotatable bonds is 10. The third-order valence-corrected chi connectivity index (χ3v) is 7.32. The lowest BCUT2D eigenvalue weighted by atomic mass is 9.85. The molecule has 9 heteroatoms. The third kappa shape index (κ3) is 6.25.